The molecule has 3 atom stereocenters. The zero-order valence-corrected chi connectivity index (χ0v) is 27.6. The van der Waals surface area contributed by atoms with E-state index < -0.39 is 5.79 Å². The van der Waals surface area contributed by atoms with Crippen LogP contribution in [-0.4, -0.2) is 79.4 Å². The summed E-state index contributed by atoms with van der Waals surface area (Å²) in [5, 5.41) is 9.65. The van der Waals surface area contributed by atoms with E-state index in [1.165, 1.54) is 11.4 Å². The lowest BCUT2D eigenvalue weighted by Gasteiger charge is -2.37. The first-order valence-electron chi connectivity index (χ1n) is 16.8. The van der Waals surface area contributed by atoms with Gasteiger partial charge in [-0.1, -0.05) is 37.3 Å². The molecule has 3 aliphatic heterocycles. The third kappa shape index (κ3) is 6.80. The van der Waals surface area contributed by atoms with Gasteiger partial charge >= 0.3 is 6.03 Å². The van der Waals surface area contributed by atoms with E-state index in [1.54, 1.807) is 22.3 Å². The second-order valence-electron chi connectivity index (χ2n) is 12.5. The number of rotatable bonds is 11. The molecule has 0 aliphatic carbocycles. The number of carbonyl (C=O) groups is 1. The Labute approximate surface area is 282 Å². The van der Waals surface area contributed by atoms with Crippen LogP contribution in [0.4, 0.5) is 21.9 Å². The molecule has 1 N–H and O–H groups in total. The number of carbonyl (C=O) groups excluding carboxylic acids is 1. The van der Waals surface area contributed by atoms with Crippen molar-refractivity contribution in [2.45, 2.75) is 44.6 Å². The molecule has 4 heterocycles. The van der Waals surface area contributed by atoms with Gasteiger partial charge in [0.15, 0.2) is 5.79 Å². The maximum absolute atomic E-state index is 12.9. The molecular formula is C37H43N7O4. The van der Waals surface area contributed by atoms with Crippen LogP contribution in [0.5, 0.6) is 5.75 Å². The number of nitrogens with one attached hydrogen (secondary N) is 1. The molecule has 3 aromatic carbocycles. The molecule has 48 heavy (non-hydrogen) atoms. The lowest BCUT2D eigenvalue weighted by Crippen LogP contribution is -2.46. The van der Waals surface area contributed by atoms with E-state index in [4.69, 9.17) is 14.2 Å². The number of anilines is 3. The minimum atomic E-state index is -0.897. The number of hydrazine groups is 1. The van der Waals surface area contributed by atoms with Crippen molar-refractivity contribution in [3.63, 3.8) is 0 Å². The Morgan fingerprint density at radius 2 is 1.56 bits per heavy atom. The molecule has 2 amide bonds. The summed E-state index contributed by atoms with van der Waals surface area (Å²) in [6.07, 6.45) is 4.66. The maximum Gasteiger partial charge on any atom is 0.340 e. The highest BCUT2D eigenvalue weighted by molar-refractivity contribution is 5.93. The minimum absolute atomic E-state index is 0.00280. The van der Waals surface area contributed by atoms with Gasteiger partial charge in [-0.15, -0.1) is 0 Å². The first-order valence-corrected chi connectivity index (χ1v) is 16.8. The Hall–Kier alpha value is -4.71. The first kappa shape index (κ1) is 31.9. The van der Waals surface area contributed by atoms with Crippen molar-refractivity contribution in [1.29, 1.82) is 0 Å². The quantitative estimate of drug-likeness (QED) is 0.235. The molecule has 3 fully saturated rings. The van der Waals surface area contributed by atoms with Crippen LogP contribution in [0, 0.1) is 0 Å². The van der Waals surface area contributed by atoms with Crippen molar-refractivity contribution in [2.24, 2.45) is 0 Å². The van der Waals surface area contributed by atoms with Crippen molar-refractivity contribution >= 4 is 23.1 Å². The highest BCUT2D eigenvalue weighted by atomic mass is 16.8. The van der Waals surface area contributed by atoms with E-state index >= 15 is 0 Å². The molecule has 0 saturated carbocycles. The van der Waals surface area contributed by atoms with Crippen LogP contribution in [0.25, 0.3) is 0 Å². The largest absolute Gasteiger partial charge is 0.491 e. The van der Waals surface area contributed by atoms with Crippen LogP contribution in [0.1, 0.15) is 31.4 Å². The van der Waals surface area contributed by atoms with Gasteiger partial charge in [0.2, 0.25) is 0 Å². The fourth-order valence-electron chi connectivity index (χ4n) is 6.53. The van der Waals surface area contributed by atoms with Crippen molar-refractivity contribution in [3.05, 3.63) is 108 Å². The number of ether oxygens (including phenoxy) is 3. The van der Waals surface area contributed by atoms with Crippen LogP contribution in [0.3, 0.4) is 0 Å². The molecule has 11 nitrogen and oxygen atoms in total. The summed E-state index contributed by atoms with van der Waals surface area (Å²) in [7, 11) is 0. The summed E-state index contributed by atoms with van der Waals surface area (Å²) < 4.78 is 19.1. The average molecular weight is 650 g/mol. The second-order valence-corrected chi connectivity index (χ2v) is 12.5. The topological polar surface area (TPSA) is 95.5 Å². The van der Waals surface area contributed by atoms with Gasteiger partial charge in [-0.3, -0.25) is 9.91 Å². The Balaban J connectivity index is 0.900. The summed E-state index contributed by atoms with van der Waals surface area (Å²) in [5.74, 6) is -0.0956. The molecule has 0 spiro atoms. The normalized spacial score (nSPS) is 22.0. The minimum Gasteiger partial charge on any atom is -0.491 e. The zero-order chi connectivity index (χ0) is 32.9. The van der Waals surface area contributed by atoms with Crippen LogP contribution in [0.15, 0.2) is 97.3 Å². The standard InChI is InChI=1S/C37H43N7O4/c1-3-28(2)44-36(45)43(27-40-44)33-11-9-31(10-12-33)41-19-21-42(22-20-41)32-13-15-34(16-14-32)46-25-35-26-47-37(48-35,30-7-5-4-6-8-30)23-29-17-18-38-39-24-29/h4-18,24,28,35,40H,3,19-23,25-27H2,1-2H3. The van der Waals surface area contributed by atoms with E-state index in [9.17, 15) is 4.79 Å². The lowest BCUT2D eigenvalue weighted by atomic mass is 9.99. The zero-order valence-electron chi connectivity index (χ0n) is 27.6. The molecule has 7 rings (SSSR count). The molecule has 0 radical (unpaired) electrons. The fraction of sp³-hybridized carbons (Fsp3) is 0.378. The van der Waals surface area contributed by atoms with Gasteiger partial charge in [-0.2, -0.15) is 10.2 Å². The van der Waals surface area contributed by atoms with Gasteiger partial charge in [-0.25, -0.2) is 10.2 Å². The van der Waals surface area contributed by atoms with Gasteiger partial charge in [0.25, 0.3) is 0 Å². The van der Waals surface area contributed by atoms with Crippen molar-refractivity contribution < 1.29 is 19.0 Å². The highest BCUT2D eigenvalue weighted by Gasteiger charge is 2.43. The molecule has 1 aromatic heterocycles. The second kappa shape index (κ2) is 14.2. The molecule has 3 saturated heterocycles. The molecule has 0 bridgehead atoms. The number of piperazine rings is 1. The van der Waals surface area contributed by atoms with Crippen molar-refractivity contribution in [2.75, 3.05) is 60.8 Å². The Kier molecular flexibility index (Phi) is 9.42. The van der Waals surface area contributed by atoms with Gasteiger partial charge in [0, 0.05) is 67.5 Å². The van der Waals surface area contributed by atoms with Crippen LogP contribution in [0.2, 0.25) is 0 Å². The third-order valence-corrected chi connectivity index (χ3v) is 9.47. The van der Waals surface area contributed by atoms with Crippen LogP contribution < -0.4 is 24.9 Å². The monoisotopic (exact) mass is 649 g/mol. The van der Waals surface area contributed by atoms with Gasteiger partial charge in [0.1, 0.15) is 18.5 Å². The molecule has 4 aromatic rings. The predicted molar refractivity (Wildman–Crippen MR) is 185 cm³/mol. The molecular weight excluding hydrogens is 606 g/mol. The summed E-state index contributed by atoms with van der Waals surface area (Å²) in [4.78, 5) is 19.5. The van der Waals surface area contributed by atoms with E-state index in [-0.39, 0.29) is 18.2 Å². The van der Waals surface area contributed by atoms with E-state index in [0.29, 0.717) is 26.3 Å². The third-order valence-electron chi connectivity index (χ3n) is 9.47. The van der Waals surface area contributed by atoms with Gasteiger partial charge in [0.05, 0.1) is 19.5 Å². The summed E-state index contributed by atoms with van der Waals surface area (Å²) in [5.41, 5.74) is 8.44. The van der Waals surface area contributed by atoms with E-state index in [2.05, 4.69) is 63.5 Å². The number of hydrogen-bond acceptors (Lipinski definition) is 9. The molecule has 250 valence electrons. The average Bonchev–Trinajstić information content (AvgIpc) is 3.75. The Bertz CT molecular complexity index is 1640. The van der Waals surface area contributed by atoms with E-state index in [1.807, 2.05) is 60.7 Å². The highest BCUT2D eigenvalue weighted by Crippen LogP contribution is 2.38. The lowest BCUT2D eigenvalue weighted by molar-refractivity contribution is -0.178. The van der Waals surface area contributed by atoms with Crippen molar-refractivity contribution in [1.82, 2.24) is 20.6 Å². The molecule has 11 heteroatoms. The SMILES string of the molecule is CCC(C)N1NCN(c2ccc(N3CCN(c4ccc(OCC5COC(Cc6ccnnc6)(c6ccccc6)O5)cc4)CC3)cc2)C1=O. The van der Waals surface area contributed by atoms with Gasteiger partial charge in [-0.05, 0) is 73.5 Å². The molecule has 3 unspecified atom stereocenters. The number of amides is 2. The van der Waals surface area contributed by atoms with Gasteiger partial charge < -0.3 is 24.0 Å². The van der Waals surface area contributed by atoms with Crippen LogP contribution in [-0.2, 0) is 21.7 Å². The fourth-order valence-corrected chi connectivity index (χ4v) is 6.53. The van der Waals surface area contributed by atoms with Crippen molar-refractivity contribution in [3.8, 4) is 5.75 Å². The maximum atomic E-state index is 12.9. The first-order chi connectivity index (χ1) is 23.5. The Morgan fingerprint density at radius 3 is 2.21 bits per heavy atom. The number of aromatic nitrogens is 2. The predicted octanol–water partition coefficient (Wildman–Crippen LogP) is 5.20. The number of urea groups is 1. The Morgan fingerprint density at radius 1 is 0.896 bits per heavy atom. The van der Waals surface area contributed by atoms with E-state index in [0.717, 1.165) is 55.2 Å². The summed E-state index contributed by atoms with van der Waals surface area (Å²) >= 11 is 0. The number of hydrogen-bond donors (Lipinski definition) is 1. The molecule has 3 aliphatic rings. The summed E-state index contributed by atoms with van der Waals surface area (Å²) in [6.45, 7) is 9.13. The smallest absolute Gasteiger partial charge is 0.340 e. The number of nitrogens with zero attached hydrogens (tertiary/aromatic N) is 6. The van der Waals surface area contributed by atoms with Crippen LogP contribution >= 0.6 is 0 Å². The summed E-state index contributed by atoms with van der Waals surface area (Å²) in [6, 6.07) is 28.8. The number of benzene rings is 3.